The summed E-state index contributed by atoms with van der Waals surface area (Å²) >= 11 is 0. The van der Waals surface area contributed by atoms with Gasteiger partial charge >= 0.3 is 0 Å². The first-order chi connectivity index (χ1) is 11.1. The van der Waals surface area contributed by atoms with Crippen LogP contribution in [0.4, 0.5) is 0 Å². The van der Waals surface area contributed by atoms with Crippen LogP contribution in [0.15, 0.2) is 29.2 Å². The van der Waals surface area contributed by atoms with Crippen molar-refractivity contribution >= 4 is 16.8 Å². The molecule has 0 saturated carbocycles. The van der Waals surface area contributed by atoms with Crippen molar-refractivity contribution in [3.8, 4) is 0 Å². The van der Waals surface area contributed by atoms with E-state index in [1.54, 1.807) is 6.20 Å². The highest BCUT2D eigenvalue weighted by Gasteiger charge is 2.25. The van der Waals surface area contributed by atoms with E-state index in [0.29, 0.717) is 11.9 Å². The second-order valence-electron chi connectivity index (χ2n) is 6.49. The number of hydrogen-bond donors (Lipinski definition) is 1. The molecule has 23 heavy (non-hydrogen) atoms. The van der Waals surface area contributed by atoms with E-state index in [4.69, 9.17) is 4.74 Å². The number of pyridine rings is 1. The second kappa shape index (κ2) is 5.49. The molecule has 2 aromatic rings. The molecule has 4 rings (SSSR count). The van der Waals surface area contributed by atoms with Gasteiger partial charge in [-0.2, -0.15) is 0 Å². The number of nitrogens with zero attached hydrogens (tertiary/aromatic N) is 1. The Hall–Kier alpha value is -2.14. The zero-order chi connectivity index (χ0) is 16.0. The molecular weight excluding hydrogens is 292 g/mol. The molecule has 5 nitrogen and oxygen atoms in total. The summed E-state index contributed by atoms with van der Waals surface area (Å²) in [5.41, 5.74) is 2.19. The molecule has 2 atom stereocenters. The molecule has 0 unspecified atom stereocenters. The summed E-state index contributed by atoms with van der Waals surface area (Å²) in [6, 6.07) is 6.03. The predicted molar refractivity (Wildman–Crippen MR) is 87.9 cm³/mol. The predicted octanol–water partition coefficient (Wildman–Crippen LogP) is 2.03. The third-order valence-electron chi connectivity index (χ3n) is 4.88. The molecule has 2 aliphatic rings. The molecule has 1 amide bonds. The van der Waals surface area contributed by atoms with E-state index in [1.165, 1.54) is 5.56 Å². The van der Waals surface area contributed by atoms with Crippen molar-refractivity contribution in [1.29, 1.82) is 0 Å². The summed E-state index contributed by atoms with van der Waals surface area (Å²) < 4.78 is 7.57. The largest absolute Gasteiger partial charge is 0.376 e. The number of aromatic nitrogens is 1. The van der Waals surface area contributed by atoms with Crippen LogP contribution in [0.1, 0.15) is 41.7 Å². The molecule has 1 aromatic carbocycles. The minimum absolute atomic E-state index is 0.0721. The van der Waals surface area contributed by atoms with Gasteiger partial charge < -0.3 is 14.6 Å². The minimum Gasteiger partial charge on any atom is -0.376 e. The van der Waals surface area contributed by atoms with Crippen LogP contribution >= 0.6 is 0 Å². The minimum atomic E-state index is -0.305. The maximum absolute atomic E-state index is 12.7. The van der Waals surface area contributed by atoms with Crippen molar-refractivity contribution in [3.05, 3.63) is 45.7 Å². The summed E-state index contributed by atoms with van der Waals surface area (Å²) in [4.78, 5) is 25.2. The quantitative estimate of drug-likeness (QED) is 0.943. The van der Waals surface area contributed by atoms with Gasteiger partial charge in [-0.1, -0.05) is 12.1 Å². The average Bonchev–Trinajstić information content (AvgIpc) is 3.17. The van der Waals surface area contributed by atoms with Crippen LogP contribution in [0.3, 0.4) is 0 Å². The molecule has 0 radical (unpaired) electrons. The number of rotatable bonds is 3. The van der Waals surface area contributed by atoms with Crippen molar-refractivity contribution in [2.75, 3.05) is 13.2 Å². The fraction of sp³-hybridized carbons (Fsp3) is 0.444. The molecule has 1 fully saturated rings. The van der Waals surface area contributed by atoms with Gasteiger partial charge in [-0.15, -0.1) is 0 Å². The Morgan fingerprint density at radius 3 is 3.09 bits per heavy atom. The van der Waals surface area contributed by atoms with E-state index < -0.39 is 0 Å². The molecule has 3 heterocycles. The topological polar surface area (TPSA) is 60.3 Å². The maximum atomic E-state index is 12.7. The van der Waals surface area contributed by atoms with Crippen LogP contribution in [0.5, 0.6) is 0 Å². The molecule has 1 saturated heterocycles. The van der Waals surface area contributed by atoms with Crippen LogP contribution in [0.2, 0.25) is 0 Å². The molecule has 1 aromatic heterocycles. The zero-order valence-electron chi connectivity index (χ0n) is 13.2. The summed E-state index contributed by atoms with van der Waals surface area (Å²) in [7, 11) is 0. The van der Waals surface area contributed by atoms with Crippen molar-refractivity contribution in [1.82, 2.24) is 9.88 Å². The van der Waals surface area contributed by atoms with Crippen LogP contribution in [0.25, 0.3) is 10.9 Å². The number of carbonyl (C=O) groups excluding carboxylic acids is 1. The molecule has 5 heteroatoms. The van der Waals surface area contributed by atoms with E-state index in [1.807, 2.05) is 12.1 Å². The Labute approximate surface area is 134 Å². The van der Waals surface area contributed by atoms with Crippen LogP contribution in [0, 0.1) is 0 Å². The standard InChI is InChI=1S/C18H20N2O3/c1-11-8-12-4-2-6-14-16(12)20(11)10-15(17(14)21)18(22)19-9-13-5-3-7-23-13/h2,4,6,10-11,13H,3,5,7-9H2,1H3,(H,19,22)/t11-,13-/m0/s1. The van der Waals surface area contributed by atoms with E-state index in [0.717, 1.165) is 31.4 Å². The lowest BCUT2D eigenvalue weighted by Crippen LogP contribution is -2.35. The van der Waals surface area contributed by atoms with Gasteiger partial charge in [0.05, 0.1) is 11.6 Å². The van der Waals surface area contributed by atoms with Gasteiger partial charge in [0.2, 0.25) is 5.43 Å². The summed E-state index contributed by atoms with van der Waals surface area (Å²) in [5, 5.41) is 3.49. The summed E-state index contributed by atoms with van der Waals surface area (Å²) in [6.45, 7) is 3.33. The smallest absolute Gasteiger partial charge is 0.256 e. The van der Waals surface area contributed by atoms with Gasteiger partial charge in [-0.3, -0.25) is 9.59 Å². The van der Waals surface area contributed by atoms with Crippen molar-refractivity contribution < 1.29 is 9.53 Å². The van der Waals surface area contributed by atoms with Crippen molar-refractivity contribution in [2.24, 2.45) is 0 Å². The van der Waals surface area contributed by atoms with E-state index >= 15 is 0 Å². The lowest BCUT2D eigenvalue weighted by Gasteiger charge is -2.14. The first-order valence-electron chi connectivity index (χ1n) is 8.21. The Kier molecular flexibility index (Phi) is 3.45. The Balaban J connectivity index is 1.69. The molecular formula is C18H20N2O3. The van der Waals surface area contributed by atoms with Gasteiger partial charge in [-0.25, -0.2) is 0 Å². The number of para-hydroxylation sites is 1. The number of ether oxygens (including phenoxy) is 1. The average molecular weight is 312 g/mol. The van der Waals surface area contributed by atoms with Gasteiger partial charge in [-0.05, 0) is 37.8 Å². The van der Waals surface area contributed by atoms with E-state index in [9.17, 15) is 9.59 Å². The number of benzene rings is 1. The Morgan fingerprint density at radius 2 is 2.30 bits per heavy atom. The normalized spacial score (nSPS) is 22.7. The fourth-order valence-corrected chi connectivity index (χ4v) is 3.68. The van der Waals surface area contributed by atoms with Crippen LogP contribution < -0.4 is 10.7 Å². The lowest BCUT2D eigenvalue weighted by atomic mass is 10.1. The first-order valence-corrected chi connectivity index (χ1v) is 8.21. The number of carbonyl (C=O) groups is 1. The van der Waals surface area contributed by atoms with Gasteiger partial charge in [0.15, 0.2) is 0 Å². The highest BCUT2D eigenvalue weighted by atomic mass is 16.5. The van der Waals surface area contributed by atoms with Crippen molar-refractivity contribution in [2.45, 2.75) is 38.3 Å². The molecule has 1 N–H and O–H groups in total. The number of amides is 1. The van der Waals surface area contributed by atoms with Gasteiger partial charge in [0, 0.05) is 30.8 Å². The number of nitrogens with one attached hydrogen (secondary N) is 1. The summed E-state index contributed by atoms with van der Waals surface area (Å²) in [5.74, 6) is -0.305. The van der Waals surface area contributed by atoms with Gasteiger partial charge in [0.1, 0.15) is 5.56 Å². The monoisotopic (exact) mass is 312 g/mol. The van der Waals surface area contributed by atoms with E-state index in [-0.39, 0.29) is 29.0 Å². The van der Waals surface area contributed by atoms with Gasteiger partial charge in [0.25, 0.3) is 5.91 Å². The van der Waals surface area contributed by atoms with Crippen LogP contribution in [-0.2, 0) is 11.2 Å². The second-order valence-corrected chi connectivity index (χ2v) is 6.49. The molecule has 120 valence electrons. The fourth-order valence-electron chi connectivity index (χ4n) is 3.68. The van der Waals surface area contributed by atoms with Crippen molar-refractivity contribution in [3.63, 3.8) is 0 Å². The summed E-state index contributed by atoms with van der Waals surface area (Å²) in [6.07, 6.45) is 4.68. The third kappa shape index (κ3) is 2.36. The highest BCUT2D eigenvalue weighted by molar-refractivity contribution is 5.98. The number of hydrogen-bond acceptors (Lipinski definition) is 3. The maximum Gasteiger partial charge on any atom is 0.256 e. The zero-order valence-corrected chi connectivity index (χ0v) is 13.2. The molecule has 2 aliphatic heterocycles. The molecule has 0 aliphatic carbocycles. The molecule has 0 bridgehead atoms. The molecule has 0 spiro atoms. The third-order valence-corrected chi connectivity index (χ3v) is 4.88. The first kappa shape index (κ1) is 14.5. The highest BCUT2D eigenvalue weighted by Crippen LogP contribution is 2.30. The van der Waals surface area contributed by atoms with Crippen LogP contribution in [-0.4, -0.2) is 29.7 Å². The van der Waals surface area contributed by atoms with E-state index in [2.05, 4.69) is 22.9 Å². The Bertz CT molecular complexity index is 834. The SMILES string of the molecule is C[C@H]1Cc2cccc3c(=O)c(C(=O)NC[C@@H]4CCCO4)cn1c23. The lowest BCUT2D eigenvalue weighted by molar-refractivity contribution is 0.0856. The Morgan fingerprint density at radius 1 is 1.43 bits per heavy atom.